The summed E-state index contributed by atoms with van der Waals surface area (Å²) >= 11 is 0. The number of benzene rings is 2. The number of anilines is 1. The molecule has 2 amide bonds. The van der Waals surface area contributed by atoms with Gasteiger partial charge < -0.3 is 23.8 Å². The molecule has 0 unspecified atom stereocenters. The number of aryl methyl sites for hydroxylation is 1. The highest BCUT2D eigenvalue weighted by atomic mass is 16.7. The van der Waals surface area contributed by atoms with E-state index in [0.29, 0.717) is 42.6 Å². The smallest absolute Gasteiger partial charge is 0.268 e. The highest BCUT2D eigenvalue weighted by Gasteiger charge is 2.34. The minimum Gasteiger partial charge on any atom is -0.479 e. The highest BCUT2D eigenvalue weighted by molar-refractivity contribution is 6.03. The van der Waals surface area contributed by atoms with Gasteiger partial charge in [-0.05, 0) is 62.1 Å². The Labute approximate surface area is 193 Å². The Hall–Kier alpha value is -3.26. The summed E-state index contributed by atoms with van der Waals surface area (Å²) in [4.78, 5) is 29.8. The molecule has 0 bridgehead atoms. The van der Waals surface area contributed by atoms with Gasteiger partial charge in [0.05, 0.1) is 11.8 Å². The molecule has 8 heteroatoms. The lowest BCUT2D eigenvalue weighted by Crippen LogP contribution is -2.50. The van der Waals surface area contributed by atoms with E-state index in [0.717, 1.165) is 24.0 Å². The predicted molar refractivity (Wildman–Crippen MR) is 121 cm³/mol. The van der Waals surface area contributed by atoms with Gasteiger partial charge in [-0.2, -0.15) is 0 Å². The Morgan fingerprint density at radius 3 is 2.76 bits per heavy atom. The zero-order chi connectivity index (χ0) is 22.9. The summed E-state index contributed by atoms with van der Waals surface area (Å²) in [5, 5.41) is 0. The van der Waals surface area contributed by atoms with E-state index in [1.807, 2.05) is 43.3 Å². The number of hydrogen-bond acceptors (Lipinski definition) is 6. The molecule has 33 heavy (non-hydrogen) atoms. The van der Waals surface area contributed by atoms with Crippen LogP contribution in [-0.4, -0.2) is 55.4 Å². The van der Waals surface area contributed by atoms with Crippen LogP contribution in [0.1, 0.15) is 30.9 Å². The molecule has 0 aliphatic carbocycles. The van der Waals surface area contributed by atoms with Gasteiger partial charge in [-0.3, -0.25) is 14.5 Å². The Morgan fingerprint density at radius 2 is 1.94 bits per heavy atom. The van der Waals surface area contributed by atoms with Gasteiger partial charge in [-0.25, -0.2) is 0 Å². The number of rotatable bonds is 6. The number of fused-ring (bicyclic) bond motifs is 2. The predicted octanol–water partition coefficient (Wildman–Crippen LogP) is 3.05. The van der Waals surface area contributed by atoms with E-state index in [1.165, 1.54) is 0 Å². The molecule has 2 aromatic carbocycles. The summed E-state index contributed by atoms with van der Waals surface area (Å²) in [5.41, 5.74) is 2.56. The van der Waals surface area contributed by atoms with Crippen molar-refractivity contribution < 1.29 is 28.5 Å². The van der Waals surface area contributed by atoms with Crippen molar-refractivity contribution in [3.8, 4) is 17.2 Å². The molecule has 1 fully saturated rings. The minimum absolute atomic E-state index is 0.00296. The molecule has 5 rings (SSSR count). The first-order valence-electron chi connectivity index (χ1n) is 11.3. The number of carbonyl (C=O) groups is 2. The Morgan fingerprint density at radius 1 is 1.12 bits per heavy atom. The molecule has 2 atom stereocenters. The molecule has 0 spiro atoms. The topological polar surface area (TPSA) is 77.5 Å². The third kappa shape index (κ3) is 4.48. The number of hydrogen-bond donors (Lipinski definition) is 0. The maximum atomic E-state index is 13.6. The van der Waals surface area contributed by atoms with Crippen LogP contribution in [-0.2, 0) is 20.9 Å². The summed E-state index contributed by atoms with van der Waals surface area (Å²) in [6.07, 6.45) is 1.26. The van der Waals surface area contributed by atoms with Gasteiger partial charge in [0.25, 0.3) is 5.91 Å². The molecule has 3 aliphatic heterocycles. The van der Waals surface area contributed by atoms with Crippen LogP contribution in [0.2, 0.25) is 0 Å². The van der Waals surface area contributed by atoms with Gasteiger partial charge in [0, 0.05) is 19.7 Å². The average molecular weight is 453 g/mol. The second kappa shape index (κ2) is 8.94. The fraction of sp³-hybridized carbons (Fsp3) is 0.440. The van der Waals surface area contributed by atoms with Gasteiger partial charge in [0.15, 0.2) is 17.6 Å². The third-order valence-corrected chi connectivity index (χ3v) is 6.23. The summed E-state index contributed by atoms with van der Waals surface area (Å²) in [6, 6.07) is 11.4. The van der Waals surface area contributed by atoms with Crippen LogP contribution in [0.3, 0.4) is 0 Å². The van der Waals surface area contributed by atoms with Crippen LogP contribution in [0.25, 0.3) is 0 Å². The van der Waals surface area contributed by atoms with Crippen LogP contribution in [0.15, 0.2) is 36.4 Å². The third-order valence-electron chi connectivity index (χ3n) is 6.23. The van der Waals surface area contributed by atoms with Crippen molar-refractivity contribution in [2.24, 2.45) is 0 Å². The average Bonchev–Trinajstić information content (AvgIpc) is 3.48. The summed E-state index contributed by atoms with van der Waals surface area (Å²) in [7, 11) is 0. The van der Waals surface area contributed by atoms with E-state index in [2.05, 4.69) is 0 Å². The van der Waals surface area contributed by atoms with E-state index in [-0.39, 0.29) is 31.3 Å². The number of carbonyl (C=O) groups excluding carboxylic acids is 2. The Balaban J connectivity index is 1.38. The van der Waals surface area contributed by atoms with Crippen molar-refractivity contribution in [2.45, 2.75) is 45.4 Å². The lowest BCUT2D eigenvalue weighted by Gasteiger charge is -2.34. The maximum Gasteiger partial charge on any atom is 0.268 e. The van der Waals surface area contributed by atoms with E-state index < -0.39 is 6.10 Å². The van der Waals surface area contributed by atoms with E-state index in [9.17, 15) is 9.59 Å². The van der Waals surface area contributed by atoms with E-state index in [1.54, 1.807) is 16.7 Å². The van der Waals surface area contributed by atoms with Gasteiger partial charge in [0.1, 0.15) is 12.3 Å². The first-order valence-corrected chi connectivity index (χ1v) is 11.3. The van der Waals surface area contributed by atoms with Crippen LogP contribution < -0.4 is 19.1 Å². The molecule has 1 saturated heterocycles. The lowest BCUT2D eigenvalue weighted by molar-refractivity contribution is -0.134. The van der Waals surface area contributed by atoms with Crippen molar-refractivity contribution in [3.63, 3.8) is 0 Å². The zero-order valence-electron chi connectivity index (χ0n) is 18.9. The molecule has 0 aromatic heterocycles. The molecule has 2 aromatic rings. The maximum absolute atomic E-state index is 13.6. The first-order chi connectivity index (χ1) is 16.0. The molecular formula is C25H28N2O6. The fourth-order valence-corrected chi connectivity index (χ4v) is 4.46. The van der Waals surface area contributed by atoms with Gasteiger partial charge in [-0.1, -0.05) is 12.1 Å². The quantitative estimate of drug-likeness (QED) is 0.671. The van der Waals surface area contributed by atoms with Gasteiger partial charge >= 0.3 is 0 Å². The summed E-state index contributed by atoms with van der Waals surface area (Å²) in [5.74, 6) is 1.64. The first kappa shape index (κ1) is 21.6. The van der Waals surface area contributed by atoms with Crippen molar-refractivity contribution >= 4 is 17.5 Å². The molecular weight excluding hydrogens is 424 g/mol. The molecule has 3 aliphatic rings. The van der Waals surface area contributed by atoms with Crippen molar-refractivity contribution in [1.82, 2.24) is 4.90 Å². The normalized spacial score (nSPS) is 21.0. The lowest BCUT2D eigenvalue weighted by atomic mass is 10.1. The van der Waals surface area contributed by atoms with Gasteiger partial charge in [-0.15, -0.1) is 0 Å². The molecule has 8 nitrogen and oxygen atoms in total. The summed E-state index contributed by atoms with van der Waals surface area (Å²) in [6.45, 7) is 5.38. The monoisotopic (exact) mass is 452 g/mol. The van der Waals surface area contributed by atoms with Crippen LogP contribution in [0.5, 0.6) is 17.2 Å². The minimum atomic E-state index is -0.645. The molecule has 0 N–H and O–H groups in total. The largest absolute Gasteiger partial charge is 0.479 e. The number of nitrogens with zero attached hydrogens (tertiary/aromatic N) is 2. The van der Waals surface area contributed by atoms with Crippen LogP contribution in [0.4, 0.5) is 5.69 Å². The van der Waals surface area contributed by atoms with E-state index in [4.69, 9.17) is 18.9 Å². The van der Waals surface area contributed by atoms with Crippen LogP contribution in [0, 0.1) is 6.92 Å². The second-order valence-electron chi connectivity index (χ2n) is 8.75. The summed E-state index contributed by atoms with van der Waals surface area (Å²) < 4.78 is 22.5. The van der Waals surface area contributed by atoms with Crippen molar-refractivity contribution in [2.75, 3.05) is 31.4 Å². The molecule has 174 valence electrons. The molecule has 0 radical (unpaired) electrons. The Kier molecular flexibility index (Phi) is 5.85. The highest BCUT2D eigenvalue weighted by Crippen LogP contribution is 2.35. The fourth-order valence-electron chi connectivity index (χ4n) is 4.46. The SMILES string of the molecule is Cc1ccc2c(c1)N(CC(=O)N(Cc1ccc3c(c1)OCO3)C[C@@H]1CCCO1)C(=O)[C@H](C)O2. The van der Waals surface area contributed by atoms with Gasteiger partial charge in [0.2, 0.25) is 12.7 Å². The van der Waals surface area contributed by atoms with Crippen LogP contribution >= 0.6 is 0 Å². The molecule has 0 saturated carbocycles. The number of ether oxygens (including phenoxy) is 4. The van der Waals surface area contributed by atoms with Crippen molar-refractivity contribution in [3.05, 3.63) is 47.5 Å². The van der Waals surface area contributed by atoms with Crippen molar-refractivity contribution in [1.29, 1.82) is 0 Å². The standard InChI is InChI=1S/C25H28N2O6/c1-16-5-7-21-20(10-16)27(25(29)17(2)33-21)14-24(28)26(13-19-4-3-9-30-19)12-18-6-8-22-23(11-18)32-15-31-22/h5-8,10-11,17,19H,3-4,9,12-15H2,1-2H3/t17-,19-/m0/s1. The zero-order valence-corrected chi connectivity index (χ0v) is 18.9. The number of amides is 2. The Bertz CT molecular complexity index is 1060. The van der Waals surface area contributed by atoms with E-state index >= 15 is 0 Å². The molecule has 3 heterocycles. The second-order valence-corrected chi connectivity index (χ2v) is 8.75.